The summed E-state index contributed by atoms with van der Waals surface area (Å²) in [5, 5.41) is 10.2. The lowest BCUT2D eigenvalue weighted by Crippen LogP contribution is -2.18. The Morgan fingerprint density at radius 1 is 0.350 bits per heavy atom. The van der Waals surface area contributed by atoms with Gasteiger partial charge in [0, 0.05) is 6.42 Å². The fourth-order valence-corrected chi connectivity index (χ4v) is 9.50. The monoisotopic (exact) mass is 847 g/mol. The summed E-state index contributed by atoms with van der Waals surface area (Å²) in [5.74, 6) is -0.105. The van der Waals surface area contributed by atoms with Gasteiger partial charge in [-0.25, -0.2) is 0 Å². The molecule has 0 saturated heterocycles. The number of aliphatic carboxylic acids is 1. The molecule has 0 aliphatic carbocycles. The largest absolute Gasteiger partial charge is 0.481 e. The minimum atomic E-state index is -0.557. The van der Waals surface area contributed by atoms with Gasteiger partial charge in [0.05, 0.1) is 5.92 Å². The standard InChI is InChI=1S/C56H110O4/c1-5-9-13-17-20-22-23-24-25-26-27-28-33-38-44-50-55(57)60-54(48-42-16-12-8-4)49-43-37-32-29-31-36-41-47-53(56(58)59)51-52(45-39-34-19-15-11-7-3)46-40-35-30-21-18-14-10-6-2/h52-54H,5-51H2,1-4H3,(H,58,59). The van der Waals surface area contributed by atoms with Crippen molar-refractivity contribution in [1.82, 2.24) is 0 Å². The van der Waals surface area contributed by atoms with Crippen molar-refractivity contribution >= 4 is 11.9 Å². The molecule has 0 saturated carbocycles. The van der Waals surface area contributed by atoms with Gasteiger partial charge in [-0.1, -0.05) is 278 Å². The van der Waals surface area contributed by atoms with Crippen molar-refractivity contribution in [3.63, 3.8) is 0 Å². The van der Waals surface area contributed by atoms with Gasteiger partial charge in [-0.05, 0) is 50.9 Å². The van der Waals surface area contributed by atoms with E-state index in [1.165, 1.54) is 238 Å². The first-order valence-corrected chi connectivity index (χ1v) is 27.9. The highest BCUT2D eigenvalue weighted by Crippen LogP contribution is 2.29. The van der Waals surface area contributed by atoms with E-state index >= 15 is 0 Å². The van der Waals surface area contributed by atoms with Crippen LogP contribution >= 0.6 is 0 Å². The molecule has 0 aromatic rings. The summed E-state index contributed by atoms with van der Waals surface area (Å²) in [6, 6.07) is 0. The highest BCUT2D eigenvalue weighted by atomic mass is 16.5. The molecule has 0 aromatic heterocycles. The Morgan fingerprint density at radius 3 is 0.950 bits per heavy atom. The summed E-state index contributed by atoms with van der Waals surface area (Å²) in [4.78, 5) is 25.2. The molecule has 0 amide bonds. The van der Waals surface area contributed by atoms with Gasteiger partial charge >= 0.3 is 11.9 Å². The predicted octanol–water partition coefficient (Wildman–Crippen LogP) is 19.6. The Hall–Kier alpha value is -1.06. The SMILES string of the molecule is CCCCCCCCCCCCCCCCCC(=O)OC(CCCCCC)CCCCCCCCCC(CC(CCCCCCCC)CCCCCCCCCC)C(=O)O. The van der Waals surface area contributed by atoms with E-state index in [4.69, 9.17) is 4.74 Å². The number of hydrogen-bond acceptors (Lipinski definition) is 3. The van der Waals surface area contributed by atoms with Crippen LogP contribution in [0.5, 0.6) is 0 Å². The van der Waals surface area contributed by atoms with Gasteiger partial charge < -0.3 is 9.84 Å². The summed E-state index contributed by atoms with van der Waals surface area (Å²) in [7, 11) is 0. The second-order valence-corrected chi connectivity index (χ2v) is 19.7. The molecule has 0 aliphatic rings. The molecule has 3 atom stereocenters. The molecule has 1 N–H and O–H groups in total. The number of carbonyl (C=O) groups excluding carboxylic acids is 1. The maximum atomic E-state index is 12.8. The molecule has 4 heteroatoms. The van der Waals surface area contributed by atoms with Crippen LogP contribution in [-0.2, 0) is 14.3 Å². The van der Waals surface area contributed by atoms with Crippen molar-refractivity contribution in [3.05, 3.63) is 0 Å². The molecular formula is C56H110O4. The summed E-state index contributed by atoms with van der Waals surface area (Å²) in [6.45, 7) is 9.11. The molecule has 0 fully saturated rings. The lowest BCUT2D eigenvalue weighted by molar-refractivity contribution is -0.150. The minimum absolute atomic E-state index is 0.0340. The fraction of sp³-hybridized carbons (Fsp3) is 0.964. The molecule has 4 nitrogen and oxygen atoms in total. The van der Waals surface area contributed by atoms with Gasteiger partial charge in [0.15, 0.2) is 0 Å². The summed E-state index contributed by atoms with van der Waals surface area (Å²) in [6.07, 6.45) is 58.9. The first-order chi connectivity index (χ1) is 29.5. The zero-order valence-corrected chi connectivity index (χ0v) is 41.6. The number of carbonyl (C=O) groups is 2. The molecule has 0 aromatic carbocycles. The molecule has 3 unspecified atom stereocenters. The first kappa shape index (κ1) is 58.9. The fourth-order valence-electron chi connectivity index (χ4n) is 9.50. The highest BCUT2D eigenvalue weighted by molar-refractivity contribution is 5.70. The van der Waals surface area contributed by atoms with Crippen molar-refractivity contribution in [1.29, 1.82) is 0 Å². The number of unbranched alkanes of at least 4 members (excludes halogenated alkanes) is 35. The third-order valence-corrected chi connectivity index (χ3v) is 13.6. The molecule has 0 spiro atoms. The lowest BCUT2D eigenvalue weighted by Gasteiger charge is -2.21. The van der Waals surface area contributed by atoms with E-state index in [0.29, 0.717) is 12.3 Å². The van der Waals surface area contributed by atoms with Crippen LogP contribution in [0.2, 0.25) is 0 Å². The van der Waals surface area contributed by atoms with E-state index in [9.17, 15) is 14.7 Å². The van der Waals surface area contributed by atoms with Crippen LogP contribution in [-0.4, -0.2) is 23.1 Å². The van der Waals surface area contributed by atoms with Gasteiger partial charge in [-0.15, -0.1) is 0 Å². The van der Waals surface area contributed by atoms with Crippen LogP contribution in [0.1, 0.15) is 329 Å². The second kappa shape index (κ2) is 49.0. The van der Waals surface area contributed by atoms with Crippen molar-refractivity contribution in [2.45, 2.75) is 336 Å². The minimum Gasteiger partial charge on any atom is -0.481 e. The van der Waals surface area contributed by atoms with E-state index in [1.807, 2.05) is 0 Å². The van der Waals surface area contributed by atoms with Gasteiger partial charge in [-0.3, -0.25) is 9.59 Å². The molecule has 0 radical (unpaired) electrons. The third kappa shape index (κ3) is 43.6. The molecule has 0 rings (SSSR count). The summed E-state index contributed by atoms with van der Waals surface area (Å²) < 4.78 is 6.08. The molecule has 0 heterocycles. The van der Waals surface area contributed by atoms with Crippen molar-refractivity contribution < 1.29 is 19.4 Å². The summed E-state index contributed by atoms with van der Waals surface area (Å²) in [5.41, 5.74) is 0. The number of carboxylic acid groups (broad SMARTS) is 1. The van der Waals surface area contributed by atoms with Crippen LogP contribution < -0.4 is 0 Å². The third-order valence-electron chi connectivity index (χ3n) is 13.6. The number of carboxylic acids is 1. The van der Waals surface area contributed by atoms with E-state index in [0.717, 1.165) is 57.8 Å². The Labute approximate surface area is 377 Å². The van der Waals surface area contributed by atoms with E-state index < -0.39 is 5.97 Å². The van der Waals surface area contributed by atoms with Crippen LogP contribution in [0, 0.1) is 11.8 Å². The van der Waals surface area contributed by atoms with Crippen LogP contribution in [0.25, 0.3) is 0 Å². The van der Waals surface area contributed by atoms with E-state index in [1.54, 1.807) is 0 Å². The number of esters is 1. The number of rotatable bonds is 51. The Balaban J connectivity index is 4.32. The van der Waals surface area contributed by atoms with Crippen LogP contribution in [0.3, 0.4) is 0 Å². The maximum Gasteiger partial charge on any atom is 0.306 e. The average Bonchev–Trinajstić information content (AvgIpc) is 3.24. The van der Waals surface area contributed by atoms with Gasteiger partial charge in [0.1, 0.15) is 6.10 Å². The molecule has 0 aliphatic heterocycles. The Bertz CT molecular complexity index is 856. The Kier molecular flexibility index (Phi) is 48.1. The van der Waals surface area contributed by atoms with Crippen molar-refractivity contribution in [2.75, 3.05) is 0 Å². The van der Waals surface area contributed by atoms with Crippen LogP contribution in [0.15, 0.2) is 0 Å². The topological polar surface area (TPSA) is 63.6 Å². The van der Waals surface area contributed by atoms with Crippen molar-refractivity contribution in [3.8, 4) is 0 Å². The van der Waals surface area contributed by atoms with Gasteiger partial charge in [0.2, 0.25) is 0 Å². The molecule has 0 bridgehead atoms. The number of ether oxygens (including phenoxy) is 1. The second-order valence-electron chi connectivity index (χ2n) is 19.7. The average molecular weight is 847 g/mol. The zero-order valence-electron chi connectivity index (χ0n) is 41.6. The van der Waals surface area contributed by atoms with E-state index in [2.05, 4.69) is 27.7 Å². The molecule has 60 heavy (non-hydrogen) atoms. The lowest BCUT2D eigenvalue weighted by atomic mass is 9.84. The number of hydrogen-bond donors (Lipinski definition) is 1. The normalized spacial score (nSPS) is 13.1. The quantitative estimate of drug-likeness (QED) is 0.0489. The van der Waals surface area contributed by atoms with Crippen molar-refractivity contribution in [2.24, 2.45) is 11.8 Å². The highest BCUT2D eigenvalue weighted by Gasteiger charge is 2.22. The smallest absolute Gasteiger partial charge is 0.306 e. The predicted molar refractivity (Wildman–Crippen MR) is 264 cm³/mol. The molecule has 358 valence electrons. The summed E-state index contributed by atoms with van der Waals surface area (Å²) >= 11 is 0. The Morgan fingerprint density at radius 2 is 0.617 bits per heavy atom. The van der Waals surface area contributed by atoms with Crippen LogP contribution in [0.4, 0.5) is 0 Å². The first-order valence-electron chi connectivity index (χ1n) is 27.9. The van der Waals surface area contributed by atoms with E-state index in [-0.39, 0.29) is 18.0 Å². The molecular weight excluding hydrogens is 737 g/mol. The maximum absolute atomic E-state index is 12.8. The van der Waals surface area contributed by atoms with Gasteiger partial charge in [0.25, 0.3) is 0 Å². The zero-order chi connectivity index (χ0) is 43.8. The van der Waals surface area contributed by atoms with Gasteiger partial charge in [-0.2, -0.15) is 0 Å².